The summed E-state index contributed by atoms with van der Waals surface area (Å²) in [6.07, 6.45) is 3.12. The average molecular weight is 227 g/mol. The van der Waals surface area contributed by atoms with Gasteiger partial charge in [0.2, 0.25) is 5.78 Å². The fraction of sp³-hybridized carbons (Fsp3) is 0.333. The van der Waals surface area contributed by atoms with Crippen LogP contribution in [0.3, 0.4) is 0 Å². The number of halogens is 1. The summed E-state index contributed by atoms with van der Waals surface area (Å²) in [6.45, 7) is 0.394. The lowest BCUT2D eigenvalue weighted by Crippen LogP contribution is -2.09. The van der Waals surface area contributed by atoms with Crippen molar-refractivity contribution in [2.45, 2.75) is 12.5 Å². The van der Waals surface area contributed by atoms with Crippen LogP contribution in [0.4, 0.5) is 0 Å². The van der Waals surface area contributed by atoms with Gasteiger partial charge in [-0.2, -0.15) is 4.98 Å². The van der Waals surface area contributed by atoms with Crippen LogP contribution in [0.25, 0.3) is 5.78 Å². The molecule has 0 aliphatic heterocycles. The van der Waals surface area contributed by atoms with Crippen molar-refractivity contribution in [3.8, 4) is 0 Å². The van der Waals surface area contributed by atoms with Crippen molar-refractivity contribution < 1.29 is 5.11 Å². The topological polar surface area (TPSA) is 76.4 Å². The Hall–Kier alpha value is -1.17. The number of imidazole rings is 1. The smallest absolute Gasteiger partial charge is 0.235 e. The van der Waals surface area contributed by atoms with E-state index in [1.807, 2.05) is 0 Å². The van der Waals surface area contributed by atoms with Crippen molar-refractivity contribution in [2.75, 3.05) is 6.54 Å². The molecule has 15 heavy (non-hydrogen) atoms. The van der Waals surface area contributed by atoms with E-state index in [-0.39, 0.29) is 5.15 Å². The molecule has 1 unspecified atom stereocenters. The van der Waals surface area contributed by atoms with Gasteiger partial charge in [0.15, 0.2) is 5.15 Å². The SMILES string of the molecule is NCCC(O)c1c(Cl)nc2ncccn12. The number of nitrogens with two attached hydrogens (primary N) is 1. The third-order valence-corrected chi connectivity index (χ3v) is 2.43. The Kier molecular flexibility index (Phi) is 2.86. The molecule has 0 fully saturated rings. The van der Waals surface area contributed by atoms with E-state index >= 15 is 0 Å². The van der Waals surface area contributed by atoms with Crippen LogP contribution in [-0.2, 0) is 0 Å². The number of hydrogen-bond acceptors (Lipinski definition) is 4. The summed E-state index contributed by atoms with van der Waals surface area (Å²) in [7, 11) is 0. The van der Waals surface area contributed by atoms with Crippen LogP contribution in [0.15, 0.2) is 18.5 Å². The van der Waals surface area contributed by atoms with Gasteiger partial charge in [0.1, 0.15) is 0 Å². The van der Waals surface area contributed by atoms with Crippen LogP contribution in [0.2, 0.25) is 5.15 Å². The minimum atomic E-state index is -0.707. The maximum Gasteiger partial charge on any atom is 0.235 e. The Labute approximate surface area is 91.5 Å². The lowest BCUT2D eigenvalue weighted by atomic mass is 10.2. The Balaban J connectivity index is 2.53. The third-order valence-electron chi connectivity index (χ3n) is 2.15. The van der Waals surface area contributed by atoms with E-state index in [2.05, 4.69) is 9.97 Å². The normalized spacial score (nSPS) is 13.3. The molecule has 0 aliphatic rings. The first-order chi connectivity index (χ1) is 7.24. The molecule has 0 saturated heterocycles. The molecule has 0 aromatic carbocycles. The summed E-state index contributed by atoms with van der Waals surface area (Å²) in [5.41, 5.74) is 5.93. The predicted octanol–water partition coefficient (Wildman–Crippen LogP) is 0.765. The van der Waals surface area contributed by atoms with Crippen LogP contribution in [0.1, 0.15) is 18.2 Å². The van der Waals surface area contributed by atoms with E-state index in [4.69, 9.17) is 17.3 Å². The molecular weight excluding hydrogens is 216 g/mol. The number of nitrogens with zero attached hydrogens (tertiary/aromatic N) is 3. The number of aliphatic hydroxyl groups excluding tert-OH is 1. The summed E-state index contributed by atoms with van der Waals surface area (Å²) >= 11 is 5.93. The fourth-order valence-electron chi connectivity index (χ4n) is 1.47. The predicted molar refractivity (Wildman–Crippen MR) is 56.6 cm³/mol. The highest BCUT2D eigenvalue weighted by molar-refractivity contribution is 6.30. The molecule has 5 nitrogen and oxygen atoms in total. The Morgan fingerprint density at radius 3 is 3.13 bits per heavy atom. The quantitative estimate of drug-likeness (QED) is 0.811. The highest BCUT2D eigenvalue weighted by Crippen LogP contribution is 2.24. The van der Waals surface area contributed by atoms with E-state index in [1.54, 1.807) is 22.9 Å². The van der Waals surface area contributed by atoms with Gasteiger partial charge in [0.25, 0.3) is 0 Å². The second-order valence-electron chi connectivity index (χ2n) is 3.17. The zero-order valence-corrected chi connectivity index (χ0v) is 8.72. The lowest BCUT2D eigenvalue weighted by molar-refractivity contribution is 0.164. The number of rotatable bonds is 3. The maximum atomic E-state index is 9.84. The summed E-state index contributed by atoms with van der Waals surface area (Å²) < 4.78 is 1.67. The van der Waals surface area contributed by atoms with Gasteiger partial charge in [-0.05, 0) is 19.0 Å². The van der Waals surface area contributed by atoms with Crippen molar-refractivity contribution in [3.05, 3.63) is 29.3 Å². The second kappa shape index (κ2) is 4.14. The summed E-state index contributed by atoms with van der Waals surface area (Å²) in [5, 5.41) is 10.1. The van der Waals surface area contributed by atoms with Gasteiger partial charge < -0.3 is 10.8 Å². The maximum absolute atomic E-state index is 9.84. The molecule has 0 radical (unpaired) electrons. The summed E-state index contributed by atoms with van der Waals surface area (Å²) in [5.74, 6) is 0.480. The summed E-state index contributed by atoms with van der Waals surface area (Å²) in [6, 6.07) is 1.75. The van der Waals surface area contributed by atoms with Crippen LogP contribution >= 0.6 is 11.6 Å². The largest absolute Gasteiger partial charge is 0.387 e. The van der Waals surface area contributed by atoms with Crippen molar-refractivity contribution in [1.82, 2.24) is 14.4 Å². The Morgan fingerprint density at radius 1 is 1.60 bits per heavy atom. The van der Waals surface area contributed by atoms with E-state index < -0.39 is 6.10 Å². The minimum Gasteiger partial charge on any atom is -0.387 e. The van der Waals surface area contributed by atoms with Gasteiger partial charge in [-0.15, -0.1) is 0 Å². The molecular formula is C9H11ClN4O. The van der Waals surface area contributed by atoms with Gasteiger partial charge in [-0.1, -0.05) is 11.6 Å². The monoisotopic (exact) mass is 226 g/mol. The van der Waals surface area contributed by atoms with Gasteiger partial charge >= 0.3 is 0 Å². The minimum absolute atomic E-state index is 0.273. The molecule has 1 atom stereocenters. The Bertz CT molecular complexity index is 470. The van der Waals surface area contributed by atoms with Gasteiger partial charge in [-0.3, -0.25) is 4.40 Å². The number of hydrogen-bond donors (Lipinski definition) is 2. The van der Waals surface area contributed by atoms with Crippen LogP contribution in [0.5, 0.6) is 0 Å². The van der Waals surface area contributed by atoms with E-state index in [0.29, 0.717) is 24.4 Å². The van der Waals surface area contributed by atoms with E-state index in [0.717, 1.165) is 0 Å². The standard InChI is InChI=1S/C9H11ClN4O/c10-8-7(6(15)2-3-11)14-5-1-4-12-9(14)13-8/h1,4-6,15H,2-3,11H2. The molecule has 0 aliphatic carbocycles. The molecule has 2 heterocycles. The average Bonchev–Trinajstić information content (AvgIpc) is 2.54. The number of fused-ring (bicyclic) bond motifs is 1. The number of aliphatic hydroxyl groups is 1. The zero-order chi connectivity index (χ0) is 10.8. The summed E-state index contributed by atoms with van der Waals surface area (Å²) in [4.78, 5) is 8.06. The zero-order valence-electron chi connectivity index (χ0n) is 7.97. The molecule has 2 rings (SSSR count). The van der Waals surface area contributed by atoms with E-state index in [1.165, 1.54) is 0 Å². The van der Waals surface area contributed by atoms with Crippen molar-refractivity contribution in [2.24, 2.45) is 5.73 Å². The second-order valence-corrected chi connectivity index (χ2v) is 3.53. The van der Waals surface area contributed by atoms with Crippen molar-refractivity contribution >= 4 is 17.4 Å². The molecule has 2 aromatic rings. The Morgan fingerprint density at radius 2 is 2.40 bits per heavy atom. The van der Waals surface area contributed by atoms with Crippen LogP contribution < -0.4 is 5.73 Å². The first kappa shape index (κ1) is 10.4. The molecule has 2 aromatic heterocycles. The molecule has 3 N–H and O–H groups in total. The third kappa shape index (κ3) is 1.81. The van der Waals surface area contributed by atoms with E-state index in [9.17, 15) is 5.11 Å². The van der Waals surface area contributed by atoms with Gasteiger partial charge in [0, 0.05) is 12.4 Å². The molecule has 80 valence electrons. The fourth-order valence-corrected chi connectivity index (χ4v) is 1.76. The number of aromatic nitrogens is 3. The van der Waals surface area contributed by atoms with Crippen molar-refractivity contribution in [1.29, 1.82) is 0 Å². The van der Waals surface area contributed by atoms with Gasteiger partial charge in [0.05, 0.1) is 11.8 Å². The van der Waals surface area contributed by atoms with Crippen LogP contribution in [-0.4, -0.2) is 26.0 Å². The highest BCUT2D eigenvalue weighted by Gasteiger charge is 2.17. The first-order valence-electron chi connectivity index (χ1n) is 4.60. The van der Waals surface area contributed by atoms with Gasteiger partial charge in [-0.25, -0.2) is 4.98 Å². The molecule has 0 amide bonds. The highest BCUT2D eigenvalue weighted by atomic mass is 35.5. The molecule has 0 spiro atoms. The molecule has 0 bridgehead atoms. The first-order valence-corrected chi connectivity index (χ1v) is 4.98. The van der Waals surface area contributed by atoms with Crippen LogP contribution in [0, 0.1) is 0 Å². The van der Waals surface area contributed by atoms with Crippen molar-refractivity contribution in [3.63, 3.8) is 0 Å². The molecule has 0 saturated carbocycles. The lowest BCUT2D eigenvalue weighted by Gasteiger charge is -2.08. The molecule has 6 heteroatoms.